The van der Waals surface area contributed by atoms with Crippen molar-refractivity contribution in [3.63, 3.8) is 0 Å². The summed E-state index contributed by atoms with van der Waals surface area (Å²) in [4.78, 5) is 4.03. The van der Waals surface area contributed by atoms with Crippen LogP contribution in [0, 0.1) is 0 Å². The molecule has 13 heavy (non-hydrogen) atoms. The van der Waals surface area contributed by atoms with Crippen molar-refractivity contribution in [2.24, 2.45) is 0 Å². The second-order valence-corrected chi connectivity index (χ2v) is 2.86. The average Bonchev–Trinajstić information content (AvgIpc) is 2.70. The van der Waals surface area contributed by atoms with Gasteiger partial charge in [-0.2, -0.15) is 5.10 Å². The van der Waals surface area contributed by atoms with Gasteiger partial charge in [-0.25, -0.2) is 4.68 Å². The van der Waals surface area contributed by atoms with Gasteiger partial charge >= 0.3 is 0 Å². The normalized spacial score (nSPS) is 10.2. The molecule has 2 aromatic rings. The van der Waals surface area contributed by atoms with Crippen LogP contribution in [0.5, 0.6) is 0 Å². The molecule has 0 saturated carbocycles. The van der Waals surface area contributed by atoms with Crippen LogP contribution in [0.15, 0.2) is 36.9 Å². The summed E-state index contributed by atoms with van der Waals surface area (Å²) in [6.45, 7) is 0. The van der Waals surface area contributed by atoms with Crippen molar-refractivity contribution in [3.8, 4) is 5.69 Å². The first-order chi connectivity index (χ1) is 6.42. The lowest BCUT2D eigenvalue weighted by Crippen LogP contribution is -1.99. The fraction of sp³-hybridized carbons (Fsp3) is 0.111. The lowest BCUT2D eigenvalue weighted by Gasteiger charge is -2.04. The van der Waals surface area contributed by atoms with Crippen LogP contribution in [-0.4, -0.2) is 14.8 Å². The zero-order valence-corrected chi connectivity index (χ0v) is 7.65. The average molecular weight is 194 g/mol. The Bertz CT molecular complexity index is 384. The number of rotatable bonds is 2. The molecule has 0 atom stereocenters. The standard InChI is InChI=1S/C9H8ClN3/c10-6-8-2-4-11-7-9(8)13-5-1-3-12-13/h1-5,7H,6H2. The highest BCUT2D eigenvalue weighted by Gasteiger charge is 2.02. The monoisotopic (exact) mass is 193 g/mol. The maximum Gasteiger partial charge on any atom is 0.0872 e. The van der Waals surface area contributed by atoms with Gasteiger partial charge in [0, 0.05) is 24.5 Å². The van der Waals surface area contributed by atoms with Crippen molar-refractivity contribution in [2.75, 3.05) is 0 Å². The highest BCUT2D eigenvalue weighted by Crippen LogP contribution is 2.13. The zero-order valence-electron chi connectivity index (χ0n) is 6.89. The predicted octanol–water partition coefficient (Wildman–Crippen LogP) is 2.01. The summed E-state index contributed by atoms with van der Waals surface area (Å²) >= 11 is 5.78. The van der Waals surface area contributed by atoms with Crippen LogP contribution in [0.4, 0.5) is 0 Å². The molecule has 0 N–H and O–H groups in total. The molecule has 0 aliphatic heterocycles. The maximum atomic E-state index is 5.78. The van der Waals surface area contributed by atoms with E-state index in [9.17, 15) is 0 Å². The second-order valence-electron chi connectivity index (χ2n) is 2.59. The molecule has 0 bridgehead atoms. The van der Waals surface area contributed by atoms with Gasteiger partial charge in [-0.15, -0.1) is 11.6 Å². The summed E-state index contributed by atoms with van der Waals surface area (Å²) < 4.78 is 1.75. The van der Waals surface area contributed by atoms with Crippen LogP contribution in [-0.2, 0) is 5.88 Å². The Morgan fingerprint density at radius 3 is 3.00 bits per heavy atom. The minimum absolute atomic E-state index is 0.470. The molecule has 0 spiro atoms. The minimum Gasteiger partial charge on any atom is -0.262 e. The third-order valence-corrected chi connectivity index (χ3v) is 2.07. The molecule has 0 aliphatic rings. The highest BCUT2D eigenvalue weighted by molar-refractivity contribution is 6.17. The molecule has 2 aromatic heterocycles. The van der Waals surface area contributed by atoms with Crippen molar-refractivity contribution in [2.45, 2.75) is 5.88 Å². The fourth-order valence-corrected chi connectivity index (χ4v) is 1.37. The minimum atomic E-state index is 0.470. The molecule has 0 amide bonds. The van der Waals surface area contributed by atoms with E-state index in [1.54, 1.807) is 23.3 Å². The van der Waals surface area contributed by atoms with Crippen LogP contribution in [0.2, 0.25) is 0 Å². The van der Waals surface area contributed by atoms with Gasteiger partial charge in [0.25, 0.3) is 0 Å². The molecular weight excluding hydrogens is 186 g/mol. The molecule has 3 nitrogen and oxygen atoms in total. The molecule has 0 aliphatic carbocycles. The molecule has 0 unspecified atom stereocenters. The van der Waals surface area contributed by atoms with Crippen LogP contribution < -0.4 is 0 Å². The van der Waals surface area contributed by atoms with Crippen LogP contribution in [0.1, 0.15) is 5.56 Å². The summed E-state index contributed by atoms with van der Waals surface area (Å²) in [6, 6.07) is 3.76. The van der Waals surface area contributed by atoms with E-state index in [4.69, 9.17) is 11.6 Å². The molecule has 66 valence electrons. The lowest BCUT2D eigenvalue weighted by atomic mass is 10.2. The summed E-state index contributed by atoms with van der Waals surface area (Å²) in [5.74, 6) is 0.470. The first-order valence-electron chi connectivity index (χ1n) is 3.90. The first-order valence-corrected chi connectivity index (χ1v) is 4.44. The van der Waals surface area contributed by atoms with Gasteiger partial charge in [-0.05, 0) is 17.7 Å². The van der Waals surface area contributed by atoms with E-state index in [1.165, 1.54) is 0 Å². The molecule has 0 fully saturated rings. The molecule has 0 radical (unpaired) electrons. The fourth-order valence-electron chi connectivity index (χ4n) is 1.15. The van der Waals surface area contributed by atoms with Crippen LogP contribution >= 0.6 is 11.6 Å². The number of aromatic nitrogens is 3. The maximum absolute atomic E-state index is 5.78. The molecule has 4 heteroatoms. The van der Waals surface area contributed by atoms with Crippen LogP contribution in [0.3, 0.4) is 0 Å². The number of hydrogen-bond donors (Lipinski definition) is 0. The molecule has 0 aromatic carbocycles. The van der Waals surface area contributed by atoms with E-state index in [0.29, 0.717) is 5.88 Å². The Hall–Kier alpha value is -1.35. The SMILES string of the molecule is ClCc1ccncc1-n1cccn1. The number of hydrogen-bond acceptors (Lipinski definition) is 2. The summed E-state index contributed by atoms with van der Waals surface area (Å²) in [5, 5.41) is 4.11. The van der Waals surface area contributed by atoms with Crippen molar-refractivity contribution >= 4 is 11.6 Å². The zero-order chi connectivity index (χ0) is 9.10. The van der Waals surface area contributed by atoms with Gasteiger partial charge in [0.2, 0.25) is 0 Å². The Morgan fingerprint density at radius 1 is 1.38 bits per heavy atom. The van der Waals surface area contributed by atoms with E-state index in [2.05, 4.69) is 10.1 Å². The highest BCUT2D eigenvalue weighted by atomic mass is 35.5. The van der Waals surface area contributed by atoms with E-state index >= 15 is 0 Å². The summed E-state index contributed by atoms with van der Waals surface area (Å²) in [7, 11) is 0. The van der Waals surface area contributed by atoms with E-state index in [0.717, 1.165) is 11.3 Å². The first kappa shape index (κ1) is 8.26. The van der Waals surface area contributed by atoms with Gasteiger partial charge < -0.3 is 0 Å². The molecule has 2 heterocycles. The van der Waals surface area contributed by atoms with Crippen molar-refractivity contribution in [1.29, 1.82) is 0 Å². The molecule has 0 saturated heterocycles. The van der Waals surface area contributed by atoms with E-state index < -0.39 is 0 Å². The number of nitrogens with zero attached hydrogens (tertiary/aromatic N) is 3. The van der Waals surface area contributed by atoms with Crippen molar-refractivity contribution in [1.82, 2.24) is 14.8 Å². The Labute approximate surface area is 81.0 Å². The van der Waals surface area contributed by atoms with Gasteiger partial charge in [0.15, 0.2) is 0 Å². The number of pyridine rings is 1. The third kappa shape index (κ3) is 1.55. The van der Waals surface area contributed by atoms with E-state index in [1.807, 2.05) is 18.3 Å². The molecular formula is C9H8ClN3. The quantitative estimate of drug-likeness (QED) is 0.684. The largest absolute Gasteiger partial charge is 0.262 e. The number of alkyl halides is 1. The Kier molecular flexibility index (Phi) is 2.27. The summed E-state index contributed by atoms with van der Waals surface area (Å²) in [6.07, 6.45) is 7.08. The lowest BCUT2D eigenvalue weighted by molar-refractivity contribution is 0.863. The van der Waals surface area contributed by atoms with Crippen molar-refractivity contribution in [3.05, 3.63) is 42.5 Å². The summed E-state index contributed by atoms with van der Waals surface area (Å²) in [5.41, 5.74) is 1.96. The second kappa shape index (κ2) is 3.58. The topological polar surface area (TPSA) is 30.7 Å². The van der Waals surface area contributed by atoms with Gasteiger partial charge in [-0.1, -0.05) is 0 Å². The third-order valence-electron chi connectivity index (χ3n) is 1.78. The van der Waals surface area contributed by atoms with E-state index in [-0.39, 0.29) is 0 Å². The van der Waals surface area contributed by atoms with Gasteiger partial charge in [0.05, 0.1) is 11.9 Å². The number of halogens is 1. The Balaban J connectivity index is 2.51. The van der Waals surface area contributed by atoms with Gasteiger partial charge in [-0.3, -0.25) is 4.98 Å². The Morgan fingerprint density at radius 2 is 2.31 bits per heavy atom. The molecule has 2 rings (SSSR count). The van der Waals surface area contributed by atoms with Gasteiger partial charge in [0.1, 0.15) is 0 Å². The van der Waals surface area contributed by atoms with Crippen molar-refractivity contribution < 1.29 is 0 Å². The van der Waals surface area contributed by atoms with Crippen LogP contribution in [0.25, 0.3) is 5.69 Å². The predicted molar refractivity (Wildman–Crippen MR) is 50.9 cm³/mol. The smallest absolute Gasteiger partial charge is 0.0872 e.